The molecule has 0 saturated heterocycles. The van der Waals surface area contributed by atoms with Crippen LogP contribution in [0.5, 0.6) is 5.75 Å². The number of nitrogens with zero attached hydrogens (tertiary/aromatic N) is 2. The van der Waals surface area contributed by atoms with Crippen LogP contribution in [-0.2, 0) is 0 Å². The Morgan fingerprint density at radius 2 is 2.23 bits per heavy atom. The van der Waals surface area contributed by atoms with E-state index in [1.54, 1.807) is 24.5 Å². The Morgan fingerprint density at radius 3 is 2.85 bits per heavy atom. The van der Waals surface area contributed by atoms with E-state index in [0.29, 0.717) is 5.69 Å². The van der Waals surface area contributed by atoms with Crippen LogP contribution in [0.3, 0.4) is 0 Å². The van der Waals surface area contributed by atoms with Crippen molar-refractivity contribution >= 4 is 0 Å². The first-order valence-corrected chi connectivity index (χ1v) is 3.76. The van der Waals surface area contributed by atoms with E-state index < -0.39 is 5.82 Å². The topological polar surface area (TPSA) is 38.0 Å². The van der Waals surface area contributed by atoms with Crippen LogP contribution in [0.2, 0.25) is 0 Å². The zero-order valence-electron chi connectivity index (χ0n) is 6.68. The third kappa shape index (κ3) is 1.38. The maximum absolute atomic E-state index is 12.9. The smallest absolute Gasteiger partial charge is 0.166 e. The molecule has 1 aromatic carbocycles. The fraction of sp³-hybridized carbons (Fsp3) is 0. The summed E-state index contributed by atoms with van der Waals surface area (Å²) in [5.41, 5.74) is 0.584. The summed E-state index contributed by atoms with van der Waals surface area (Å²) in [6, 6.07) is 5.85. The molecule has 66 valence electrons. The molecule has 0 radical (unpaired) electrons. The SMILES string of the molecule is Oc1ccc(-n2cccn2)cc1F. The Kier molecular flexibility index (Phi) is 1.73. The fourth-order valence-electron chi connectivity index (χ4n) is 1.06. The van der Waals surface area contributed by atoms with Crippen molar-refractivity contribution in [1.82, 2.24) is 9.78 Å². The molecule has 0 atom stereocenters. The summed E-state index contributed by atoms with van der Waals surface area (Å²) in [7, 11) is 0. The summed E-state index contributed by atoms with van der Waals surface area (Å²) < 4.78 is 14.4. The van der Waals surface area contributed by atoms with Crippen LogP contribution in [0, 0.1) is 5.82 Å². The van der Waals surface area contributed by atoms with Crippen LogP contribution in [0.15, 0.2) is 36.7 Å². The van der Waals surface area contributed by atoms with Crippen molar-refractivity contribution in [3.8, 4) is 11.4 Å². The van der Waals surface area contributed by atoms with Gasteiger partial charge in [-0.3, -0.25) is 0 Å². The van der Waals surface area contributed by atoms with E-state index in [4.69, 9.17) is 5.11 Å². The molecule has 0 bridgehead atoms. The van der Waals surface area contributed by atoms with E-state index in [1.807, 2.05) is 0 Å². The van der Waals surface area contributed by atoms with Gasteiger partial charge in [0.1, 0.15) is 0 Å². The van der Waals surface area contributed by atoms with E-state index in [-0.39, 0.29) is 5.75 Å². The summed E-state index contributed by atoms with van der Waals surface area (Å²) in [6.45, 7) is 0. The lowest BCUT2D eigenvalue weighted by Crippen LogP contribution is -1.94. The highest BCUT2D eigenvalue weighted by Crippen LogP contribution is 2.17. The highest BCUT2D eigenvalue weighted by Gasteiger charge is 2.02. The first-order valence-electron chi connectivity index (χ1n) is 3.76. The summed E-state index contributed by atoms with van der Waals surface area (Å²) in [5.74, 6) is -0.996. The normalized spacial score (nSPS) is 10.2. The minimum atomic E-state index is -0.645. The number of phenols is 1. The second-order valence-corrected chi connectivity index (χ2v) is 2.59. The fourth-order valence-corrected chi connectivity index (χ4v) is 1.06. The number of aromatic nitrogens is 2. The molecule has 0 amide bonds. The van der Waals surface area contributed by atoms with Gasteiger partial charge in [-0.05, 0) is 18.2 Å². The molecule has 0 fully saturated rings. The maximum Gasteiger partial charge on any atom is 0.166 e. The standard InChI is InChI=1S/C9H7FN2O/c10-8-6-7(2-3-9(8)13)12-5-1-4-11-12/h1-6,13H. The van der Waals surface area contributed by atoms with Gasteiger partial charge in [0.25, 0.3) is 0 Å². The van der Waals surface area contributed by atoms with Gasteiger partial charge in [0.05, 0.1) is 5.69 Å². The molecule has 0 unspecified atom stereocenters. The van der Waals surface area contributed by atoms with Crippen LogP contribution in [0.1, 0.15) is 0 Å². The summed E-state index contributed by atoms with van der Waals surface area (Å²) in [4.78, 5) is 0. The number of hydrogen-bond acceptors (Lipinski definition) is 2. The van der Waals surface area contributed by atoms with Gasteiger partial charge in [0.2, 0.25) is 0 Å². The molecule has 1 aromatic heterocycles. The Hall–Kier alpha value is -1.84. The van der Waals surface area contributed by atoms with E-state index in [1.165, 1.54) is 16.8 Å². The summed E-state index contributed by atoms with van der Waals surface area (Å²) in [6.07, 6.45) is 3.30. The van der Waals surface area contributed by atoms with E-state index >= 15 is 0 Å². The maximum atomic E-state index is 12.9. The van der Waals surface area contributed by atoms with E-state index in [2.05, 4.69) is 5.10 Å². The van der Waals surface area contributed by atoms with Crippen molar-refractivity contribution in [2.45, 2.75) is 0 Å². The molecule has 4 heteroatoms. The average molecular weight is 178 g/mol. The first-order chi connectivity index (χ1) is 6.27. The second-order valence-electron chi connectivity index (χ2n) is 2.59. The summed E-state index contributed by atoms with van der Waals surface area (Å²) >= 11 is 0. The number of benzene rings is 1. The Labute approximate surface area is 74.1 Å². The van der Waals surface area contributed by atoms with Crippen LogP contribution >= 0.6 is 0 Å². The van der Waals surface area contributed by atoms with Gasteiger partial charge in [-0.15, -0.1) is 0 Å². The van der Waals surface area contributed by atoms with Crippen LogP contribution in [0.4, 0.5) is 4.39 Å². The molecule has 0 aliphatic rings. The van der Waals surface area contributed by atoms with Crippen molar-refractivity contribution in [2.75, 3.05) is 0 Å². The minimum Gasteiger partial charge on any atom is -0.505 e. The first kappa shape index (κ1) is 7.79. The largest absolute Gasteiger partial charge is 0.505 e. The minimum absolute atomic E-state index is 0.351. The van der Waals surface area contributed by atoms with E-state index in [9.17, 15) is 4.39 Å². The molecule has 1 heterocycles. The Morgan fingerprint density at radius 1 is 1.38 bits per heavy atom. The lowest BCUT2D eigenvalue weighted by Gasteiger charge is -2.01. The molecular weight excluding hydrogens is 171 g/mol. The van der Waals surface area contributed by atoms with E-state index in [0.717, 1.165) is 0 Å². The molecule has 1 N–H and O–H groups in total. The lowest BCUT2D eigenvalue weighted by atomic mass is 10.3. The lowest BCUT2D eigenvalue weighted by molar-refractivity contribution is 0.432. The molecule has 13 heavy (non-hydrogen) atoms. The van der Waals surface area contributed by atoms with Crippen molar-refractivity contribution < 1.29 is 9.50 Å². The molecule has 0 saturated carbocycles. The molecule has 2 aromatic rings. The predicted octanol–water partition coefficient (Wildman–Crippen LogP) is 1.72. The summed E-state index contributed by atoms with van der Waals surface area (Å²) in [5, 5.41) is 12.9. The van der Waals surface area contributed by atoms with Gasteiger partial charge in [-0.25, -0.2) is 9.07 Å². The molecule has 2 rings (SSSR count). The molecule has 0 aliphatic heterocycles. The van der Waals surface area contributed by atoms with Crippen LogP contribution in [-0.4, -0.2) is 14.9 Å². The zero-order chi connectivity index (χ0) is 9.26. The number of hydrogen-bond donors (Lipinski definition) is 1. The van der Waals surface area contributed by atoms with Gasteiger partial charge in [-0.2, -0.15) is 5.10 Å². The number of rotatable bonds is 1. The second kappa shape index (κ2) is 2.90. The van der Waals surface area contributed by atoms with Crippen LogP contribution in [0.25, 0.3) is 5.69 Å². The highest BCUT2D eigenvalue weighted by atomic mass is 19.1. The zero-order valence-corrected chi connectivity index (χ0v) is 6.68. The number of aromatic hydroxyl groups is 1. The highest BCUT2D eigenvalue weighted by molar-refractivity contribution is 5.37. The monoisotopic (exact) mass is 178 g/mol. The predicted molar refractivity (Wildman–Crippen MR) is 45.2 cm³/mol. The third-order valence-corrected chi connectivity index (χ3v) is 1.70. The van der Waals surface area contributed by atoms with Crippen molar-refractivity contribution in [3.05, 3.63) is 42.5 Å². The average Bonchev–Trinajstić information content (AvgIpc) is 2.62. The third-order valence-electron chi connectivity index (χ3n) is 1.70. The van der Waals surface area contributed by atoms with Crippen molar-refractivity contribution in [3.63, 3.8) is 0 Å². The van der Waals surface area contributed by atoms with Crippen molar-refractivity contribution in [2.24, 2.45) is 0 Å². The van der Waals surface area contributed by atoms with Gasteiger partial charge >= 0.3 is 0 Å². The molecular formula is C9H7FN2O. The Bertz CT molecular complexity index is 412. The number of halogens is 1. The Balaban J connectivity index is 2.49. The van der Waals surface area contributed by atoms with Gasteiger partial charge < -0.3 is 5.11 Å². The van der Waals surface area contributed by atoms with Gasteiger partial charge in [0, 0.05) is 18.5 Å². The quantitative estimate of drug-likeness (QED) is 0.721. The van der Waals surface area contributed by atoms with Gasteiger partial charge in [0.15, 0.2) is 11.6 Å². The molecule has 0 spiro atoms. The number of phenolic OH excluding ortho intramolecular Hbond substituents is 1. The van der Waals surface area contributed by atoms with Crippen LogP contribution < -0.4 is 0 Å². The van der Waals surface area contributed by atoms with Gasteiger partial charge in [-0.1, -0.05) is 0 Å². The molecule has 3 nitrogen and oxygen atoms in total. The molecule has 0 aliphatic carbocycles. The van der Waals surface area contributed by atoms with Crippen molar-refractivity contribution in [1.29, 1.82) is 0 Å².